The Kier molecular flexibility index (Phi) is 7.14. The summed E-state index contributed by atoms with van der Waals surface area (Å²) in [6.07, 6.45) is 0. The lowest BCUT2D eigenvalue weighted by Gasteiger charge is -2.45. The van der Waals surface area contributed by atoms with E-state index in [1.54, 1.807) is 0 Å². The summed E-state index contributed by atoms with van der Waals surface area (Å²) in [5, 5.41) is 2.44. The van der Waals surface area contributed by atoms with Crippen LogP contribution in [0, 0.1) is 0 Å². The van der Waals surface area contributed by atoms with Crippen LogP contribution in [0.2, 0.25) is 0 Å². The maximum atomic E-state index is 7.11. The van der Waals surface area contributed by atoms with E-state index in [0.29, 0.717) is 0 Å². The second kappa shape index (κ2) is 12.7. The first-order valence-electron chi connectivity index (χ1n) is 19.8. The highest BCUT2D eigenvalue weighted by atomic mass is 16.5. The van der Waals surface area contributed by atoms with Gasteiger partial charge < -0.3 is 14.0 Å². The molecule has 0 radical (unpaired) electrons. The van der Waals surface area contributed by atoms with Crippen LogP contribution < -0.4 is 9.47 Å². The summed E-state index contributed by atoms with van der Waals surface area (Å²) in [6.45, 7) is 0. The number of benzene rings is 9. The normalized spacial score (nSPS) is 14.9. The molecule has 0 aliphatic carbocycles. The number of para-hydroxylation sites is 4. The summed E-state index contributed by atoms with van der Waals surface area (Å²) in [5.74, 6) is 3.36. The predicted octanol–water partition coefficient (Wildman–Crippen LogP) is 14.4. The summed E-state index contributed by atoms with van der Waals surface area (Å²) >= 11 is 0. The van der Waals surface area contributed by atoms with Crippen LogP contribution in [0.4, 0.5) is 0 Å². The molecule has 2 aliphatic rings. The topological polar surface area (TPSA) is 23.4 Å². The summed E-state index contributed by atoms with van der Waals surface area (Å²) in [6, 6.07) is 76.0. The van der Waals surface area contributed by atoms with Crippen molar-refractivity contribution in [1.82, 2.24) is 4.57 Å². The van der Waals surface area contributed by atoms with Crippen molar-refractivity contribution in [2.75, 3.05) is 0 Å². The highest BCUT2D eigenvalue weighted by Gasteiger charge is 2.51. The Morgan fingerprint density at radius 2 is 0.879 bits per heavy atom. The fraction of sp³-hybridized carbons (Fsp3) is 0.0182. The predicted molar refractivity (Wildman–Crippen MR) is 236 cm³/mol. The highest BCUT2D eigenvalue weighted by Crippen LogP contribution is 2.63. The number of fused-ring (bicyclic) bond motifs is 11. The van der Waals surface area contributed by atoms with Crippen LogP contribution in [0.15, 0.2) is 212 Å². The summed E-state index contributed by atoms with van der Waals surface area (Å²) in [5.41, 5.74) is 13.8. The second-order valence-corrected chi connectivity index (χ2v) is 15.2. The third-order valence-corrected chi connectivity index (χ3v) is 12.1. The number of hydrogen-bond acceptors (Lipinski definition) is 2. The van der Waals surface area contributed by atoms with E-state index in [2.05, 4.69) is 217 Å². The lowest BCUT2D eigenvalue weighted by molar-refractivity contribution is 0.400. The first-order valence-corrected chi connectivity index (χ1v) is 19.8. The van der Waals surface area contributed by atoms with Crippen molar-refractivity contribution in [1.29, 1.82) is 0 Å². The van der Waals surface area contributed by atoms with Crippen LogP contribution in [0.1, 0.15) is 22.3 Å². The molecule has 12 rings (SSSR count). The maximum Gasteiger partial charge on any atom is 0.140 e. The summed E-state index contributed by atoms with van der Waals surface area (Å²) in [7, 11) is 0. The van der Waals surface area contributed by atoms with Gasteiger partial charge >= 0.3 is 0 Å². The maximum absolute atomic E-state index is 7.11. The minimum atomic E-state index is -0.772. The Bertz CT molecular complexity index is 3210. The lowest BCUT2D eigenvalue weighted by atomic mass is 9.61. The number of aromatic nitrogens is 1. The minimum absolute atomic E-state index is 0.772. The third-order valence-electron chi connectivity index (χ3n) is 12.1. The van der Waals surface area contributed by atoms with Crippen LogP contribution in [-0.4, -0.2) is 4.57 Å². The van der Waals surface area contributed by atoms with Crippen LogP contribution >= 0.6 is 0 Å². The van der Waals surface area contributed by atoms with E-state index in [4.69, 9.17) is 9.47 Å². The largest absolute Gasteiger partial charge is 0.457 e. The van der Waals surface area contributed by atoms with Crippen molar-refractivity contribution in [3.05, 3.63) is 235 Å². The smallest absolute Gasteiger partial charge is 0.140 e. The van der Waals surface area contributed by atoms with Crippen molar-refractivity contribution < 1.29 is 9.47 Å². The van der Waals surface area contributed by atoms with Crippen molar-refractivity contribution in [2.24, 2.45) is 0 Å². The van der Waals surface area contributed by atoms with E-state index < -0.39 is 5.41 Å². The third kappa shape index (κ3) is 4.74. The van der Waals surface area contributed by atoms with E-state index in [1.807, 2.05) is 0 Å². The van der Waals surface area contributed by atoms with Gasteiger partial charge in [0.1, 0.15) is 23.0 Å². The van der Waals surface area contributed by atoms with Crippen molar-refractivity contribution in [3.8, 4) is 62.1 Å². The Morgan fingerprint density at radius 1 is 0.328 bits per heavy atom. The van der Waals surface area contributed by atoms with Gasteiger partial charge in [-0.05, 0) is 94.5 Å². The molecule has 3 nitrogen and oxygen atoms in total. The van der Waals surface area contributed by atoms with Gasteiger partial charge in [0.05, 0.1) is 16.4 Å². The van der Waals surface area contributed by atoms with E-state index >= 15 is 0 Å². The highest BCUT2D eigenvalue weighted by molar-refractivity contribution is 6.10. The fourth-order valence-electron chi connectivity index (χ4n) is 9.58. The van der Waals surface area contributed by atoms with E-state index in [-0.39, 0.29) is 0 Å². The Morgan fingerprint density at radius 3 is 1.64 bits per heavy atom. The van der Waals surface area contributed by atoms with Gasteiger partial charge in [-0.3, -0.25) is 0 Å². The molecular weight excluding hydrogens is 707 g/mol. The number of nitrogens with zero attached hydrogens (tertiary/aromatic N) is 1. The number of ether oxygens (including phenoxy) is 2. The standard InChI is InChI=1S/C55H35NO2/c1-4-16-36(17-5-1)40-33-43(37-18-6-2-7-19-37)54-48(35-40)55(46-24-12-15-27-52(46)58-54)45-23-11-14-26-51(45)57-53-31-29-39(34-47(53)55)38-28-30-50-44(32-38)42-22-10-13-25-49(42)56(50)41-20-8-3-9-21-41/h1-35H. The summed E-state index contributed by atoms with van der Waals surface area (Å²) in [4.78, 5) is 0. The number of rotatable bonds is 4. The van der Waals surface area contributed by atoms with Crippen LogP contribution in [0.3, 0.4) is 0 Å². The van der Waals surface area contributed by atoms with Gasteiger partial charge in [0.2, 0.25) is 0 Å². The summed E-state index contributed by atoms with van der Waals surface area (Å²) < 4.78 is 16.4. The van der Waals surface area contributed by atoms with Crippen LogP contribution in [0.5, 0.6) is 23.0 Å². The molecule has 0 amide bonds. The molecule has 3 heterocycles. The Labute approximate surface area is 336 Å². The molecule has 10 aromatic rings. The van der Waals surface area contributed by atoms with Gasteiger partial charge in [-0.1, -0.05) is 146 Å². The van der Waals surface area contributed by atoms with Gasteiger partial charge in [0.25, 0.3) is 0 Å². The van der Waals surface area contributed by atoms with E-state index in [0.717, 1.165) is 84.3 Å². The molecule has 1 aromatic heterocycles. The van der Waals surface area contributed by atoms with Crippen LogP contribution in [0.25, 0.3) is 60.9 Å². The molecule has 0 saturated heterocycles. The van der Waals surface area contributed by atoms with Gasteiger partial charge in [-0.2, -0.15) is 0 Å². The quantitative estimate of drug-likeness (QED) is 0.179. The van der Waals surface area contributed by atoms with Gasteiger partial charge in [0.15, 0.2) is 0 Å². The molecule has 9 aromatic carbocycles. The SMILES string of the molecule is c1ccc(-c2cc(-c3ccccc3)c3c(c2)C2(c4ccccc4Oc4ccc(-c5ccc6c(c5)c5ccccc5n6-c5ccccc5)cc42)c2ccccc2O3)cc1. The number of hydrogen-bond donors (Lipinski definition) is 0. The Balaban J connectivity index is 1.16. The lowest BCUT2D eigenvalue weighted by Crippen LogP contribution is -2.37. The van der Waals surface area contributed by atoms with Crippen LogP contribution in [-0.2, 0) is 5.41 Å². The van der Waals surface area contributed by atoms with Crippen molar-refractivity contribution in [2.45, 2.75) is 5.41 Å². The molecule has 0 fully saturated rings. The zero-order valence-corrected chi connectivity index (χ0v) is 31.5. The Hall–Kier alpha value is -7.62. The van der Waals surface area contributed by atoms with Gasteiger partial charge in [0, 0.05) is 44.3 Å². The van der Waals surface area contributed by atoms with Crippen molar-refractivity contribution >= 4 is 21.8 Å². The molecule has 2 aliphatic heterocycles. The average Bonchev–Trinajstić information content (AvgIpc) is 3.63. The molecule has 1 spiro atoms. The minimum Gasteiger partial charge on any atom is -0.457 e. The molecule has 0 bridgehead atoms. The zero-order chi connectivity index (χ0) is 38.2. The molecule has 1 unspecified atom stereocenters. The average molecular weight is 742 g/mol. The zero-order valence-electron chi connectivity index (χ0n) is 31.5. The molecule has 272 valence electrons. The monoisotopic (exact) mass is 741 g/mol. The second-order valence-electron chi connectivity index (χ2n) is 15.2. The first kappa shape index (κ1) is 32.6. The molecule has 3 heteroatoms. The van der Waals surface area contributed by atoms with E-state index in [1.165, 1.54) is 21.8 Å². The van der Waals surface area contributed by atoms with E-state index in [9.17, 15) is 0 Å². The van der Waals surface area contributed by atoms with Gasteiger partial charge in [-0.25, -0.2) is 0 Å². The molecular formula is C55H35NO2. The molecule has 1 atom stereocenters. The molecule has 0 N–H and O–H groups in total. The van der Waals surface area contributed by atoms with Gasteiger partial charge in [-0.15, -0.1) is 0 Å². The van der Waals surface area contributed by atoms with Crippen molar-refractivity contribution in [3.63, 3.8) is 0 Å². The first-order chi connectivity index (χ1) is 28.8. The molecule has 58 heavy (non-hydrogen) atoms. The molecule has 0 saturated carbocycles. The fourth-order valence-corrected chi connectivity index (χ4v) is 9.58.